The van der Waals surface area contributed by atoms with Crippen LogP contribution in [0, 0.1) is 5.82 Å². The van der Waals surface area contributed by atoms with Gasteiger partial charge in [0.15, 0.2) is 5.82 Å². The molecule has 1 saturated carbocycles. The van der Waals surface area contributed by atoms with Crippen LogP contribution < -0.4 is 16.4 Å². The van der Waals surface area contributed by atoms with Crippen molar-refractivity contribution in [2.75, 3.05) is 25.3 Å². The molecule has 1 N–H and O–H groups in total. The summed E-state index contributed by atoms with van der Waals surface area (Å²) in [5, 5.41) is 8.23. The van der Waals surface area contributed by atoms with E-state index in [2.05, 4.69) is 23.0 Å². The molecule has 1 aromatic carbocycles. The zero-order valence-electron chi connectivity index (χ0n) is 20.4. The molecule has 12 heteroatoms. The number of rotatable bonds is 6. The second-order valence-electron chi connectivity index (χ2n) is 8.60. The number of aryl methyl sites for hydroxylation is 2. The summed E-state index contributed by atoms with van der Waals surface area (Å²) in [4.78, 5) is 36.1. The molecule has 0 unspecified atom stereocenters. The number of nitrogens with one attached hydrogen (secondary N) is 1. The minimum atomic E-state index is -3.83. The summed E-state index contributed by atoms with van der Waals surface area (Å²) in [5.74, 6) is -5.29. The van der Waals surface area contributed by atoms with Crippen molar-refractivity contribution < 1.29 is 18.0 Å². The van der Waals surface area contributed by atoms with Crippen LogP contribution in [-0.4, -0.2) is 45.1 Å². The average Bonchev–Trinajstić information content (AvgIpc) is 3.67. The maximum Gasteiger partial charge on any atom is 0.352 e. The molecule has 1 fully saturated rings. The van der Waals surface area contributed by atoms with Gasteiger partial charge in [0.05, 0.1) is 16.8 Å². The lowest BCUT2D eigenvalue weighted by Crippen LogP contribution is -2.38. The lowest BCUT2D eigenvalue weighted by Gasteiger charge is -2.21. The van der Waals surface area contributed by atoms with E-state index in [9.17, 15) is 27.6 Å². The number of alkyl halides is 2. The fraction of sp³-hybridized carbons (Fsp3) is 0.417. The number of anilines is 1. The maximum atomic E-state index is 13.7. The third-order valence-corrected chi connectivity index (χ3v) is 5.93. The third-order valence-electron chi connectivity index (χ3n) is 5.77. The van der Waals surface area contributed by atoms with E-state index in [1.165, 1.54) is 37.0 Å². The summed E-state index contributed by atoms with van der Waals surface area (Å²) in [6, 6.07) is 5.37. The predicted octanol–water partition coefficient (Wildman–Crippen LogP) is 3.30. The predicted molar refractivity (Wildman–Crippen MR) is 135 cm³/mol. The highest BCUT2D eigenvalue weighted by Gasteiger charge is 2.44. The van der Waals surface area contributed by atoms with Gasteiger partial charge in [-0.05, 0) is 30.9 Å². The first kappa shape index (κ1) is 27.3. The lowest BCUT2D eigenvalue weighted by atomic mass is 10.0. The van der Waals surface area contributed by atoms with Gasteiger partial charge >= 0.3 is 5.92 Å². The number of pyridine rings is 1. The minimum Gasteiger partial charge on any atom is -0.359 e. The van der Waals surface area contributed by atoms with Crippen molar-refractivity contribution in [1.29, 1.82) is 0 Å². The molecule has 194 valence electrons. The number of aromatic nitrogens is 3. The average molecular weight is 524 g/mol. The molecule has 0 spiro atoms. The Kier molecular flexibility index (Phi) is 8.17. The van der Waals surface area contributed by atoms with Crippen LogP contribution in [0.25, 0.3) is 10.8 Å². The van der Waals surface area contributed by atoms with Gasteiger partial charge in [0.2, 0.25) is 0 Å². The molecule has 0 radical (unpaired) electrons. The van der Waals surface area contributed by atoms with Crippen molar-refractivity contribution in [2.24, 2.45) is 7.05 Å². The highest BCUT2D eigenvalue weighted by molar-refractivity contribution is 7.80. The molecule has 8 nitrogen and oxygen atoms in total. The van der Waals surface area contributed by atoms with E-state index in [0.29, 0.717) is 28.9 Å². The monoisotopic (exact) mass is 523 g/mol. The van der Waals surface area contributed by atoms with E-state index in [1.54, 1.807) is 24.7 Å². The van der Waals surface area contributed by atoms with Crippen molar-refractivity contribution in [3.63, 3.8) is 0 Å². The zero-order chi connectivity index (χ0) is 26.8. The fourth-order valence-electron chi connectivity index (χ4n) is 3.67. The lowest BCUT2D eigenvalue weighted by molar-refractivity contribution is -0.156. The highest BCUT2D eigenvalue weighted by atomic mass is 32.1. The number of benzene rings is 1. The van der Waals surface area contributed by atoms with E-state index >= 15 is 0 Å². The highest BCUT2D eigenvalue weighted by Crippen LogP contribution is 2.34. The maximum absolute atomic E-state index is 13.7. The van der Waals surface area contributed by atoms with Crippen LogP contribution in [0.5, 0.6) is 0 Å². The number of amides is 1. The van der Waals surface area contributed by atoms with Gasteiger partial charge in [0, 0.05) is 44.8 Å². The van der Waals surface area contributed by atoms with Crippen molar-refractivity contribution >= 4 is 35.1 Å². The summed E-state index contributed by atoms with van der Waals surface area (Å²) < 4.78 is 44.2. The number of hydrogen-bond acceptors (Lipinski definition) is 6. The van der Waals surface area contributed by atoms with Crippen molar-refractivity contribution in [1.82, 2.24) is 19.2 Å². The van der Waals surface area contributed by atoms with Gasteiger partial charge in [0.25, 0.3) is 17.0 Å². The molecule has 0 bridgehead atoms. The number of carbonyl (C=O) groups is 1. The van der Waals surface area contributed by atoms with Gasteiger partial charge in [-0.2, -0.15) is 26.5 Å². The Hall–Kier alpha value is -3.28. The first-order chi connectivity index (χ1) is 16.9. The Morgan fingerprint density at radius 2 is 1.92 bits per heavy atom. The number of likely N-dealkylation sites (N-methyl/N-ethyl adjacent to an activating group) is 1. The van der Waals surface area contributed by atoms with Gasteiger partial charge in [-0.3, -0.25) is 14.4 Å². The Balaban J connectivity index is 0.000000202. The molecule has 1 aliphatic carbocycles. The molecule has 0 saturated heterocycles. The molecule has 1 amide bonds. The Morgan fingerprint density at radius 3 is 2.47 bits per heavy atom. The van der Waals surface area contributed by atoms with Crippen molar-refractivity contribution in [2.45, 2.75) is 38.2 Å². The van der Waals surface area contributed by atoms with E-state index in [4.69, 9.17) is 0 Å². The van der Waals surface area contributed by atoms with Gasteiger partial charge in [-0.1, -0.05) is 19.1 Å². The summed E-state index contributed by atoms with van der Waals surface area (Å²) in [5.41, 5.74) is -1.08. The summed E-state index contributed by atoms with van der Waals surface area (Å²) in [6.07, 6.45) is 4.06. The molecule has 0 atom stereocenters. The normalized spacial score (nSPS) is 13.2. The first-order valence-electron chi connectivity index (χ1n) is 11.3. The van der Waals surface area contributed by atoms with Crippen LogP contribution in [0.4, 0.5) is 19.0 Å². The van der Waals surface area contributed by atoms with Crippen molar-refractivity contribution in [3.8, 4) is 0 Å². The second kappa shape index (κ2) is 10.8. The number of carbonyl (C=O) groups excluding carboxylic acids is 1. The topological polar surface area (TPSA) is 89.2 Å². The molecule has 4 rings (SSSR count). The first-order valence-corrected chi connectivity index (χ1v) is 11.9. The van der Waals surface area contributed by atoms with E-state index < -0.39 is 23.2 Å². The van der Waals surface area contributed by atoms with E-state index in [0.717, 1.165) is 23.8 Å². The van der Waals surface area contributed by atoms with Crippen LogP contribution in [0.1, 0.15) is 36.9 Å². The Labute approximate surface area is 211 Å². The van der Waals surface area contributed by atoms with Gasteiger partial charge in [0.1, 0.15) is 5.82 Å². The van der Waals surface area contributed by atoms with Crippen LogP contribution in [0.15, 0.2) is 40.1 Å². The molecule has 2 aromatic heterocycles. The van der Waals surface area contributed by atoms with Crippen LogP contribution >= 0.6 is 12.6 Å². The quantitative estimate of drug-likeness (QED) is 0.382. The minimum absolute atomic E-state index is 0.130. The Morgan fingerprint density at radius 1 is 1.25 bits per heavy atom. The van der Waals surface area contributed by atoms with Crippen LogP contribution in [0.2, 0.25) is 0 Å². The molecule has 1 aliphatic rings. The van der Waals surface area contributed by atoms with Gasteiger partial charge in [-0.15, -0.1) is 0 Å². The molecule has 3 aromatic rings. The fourth-order valence-corrected chi connectivity index (χ4v) is 3.82. The second-order valence-corrected chi connectivity index (χ2v) is 8.91. The molecular formula is C24H28F3N5O3S. The number of thiol groups is 1. The van der Waals surface area contributed by atoms with E-state index in [-0.39, 0.29) is 22.7 Å². The van der Waals surface area contributed by atoms with Crippen molar-refractivity contribution in [3.05, 3.63) is 68.1 Å². The summed E-state index contributed by atoms with van der Waals surface area (Å²) >= 11 is 4.11. The summed E-state index contributed by atoms with van der Waals surface area (Å²) in [6.45, 7) is 1.66. The number of hydrogen-bond donors (Lipinski definition) is 2. The smallest absolute Gasteiger partial charge is 0.352 e. The Bertz CT molecular complexity index is 1400. The standard InChI is InChI=1S/C12H14F3NO.C12H14N4O2S/c1-4-8-6-5-7-9(10(8)13)12(14,15)11(17)16(2)3;1-15-12(18)8-4-10(17)16(7-2-3-7)5-9(8)11(14-15)13-6-19/h5-7H,4H2,1-3H3;4-5,7,19H,2-3,6H2,1H3,(H,13,14). The molecule has 0 aliphatic heterocycles. The number of halogens is 3. The third kappa shape index (κ3) is 5.43. The SMILES string of the molecule is CCc1cccc(C(F)(F)C(=O)N(C)C)c1F.Cn1nc(NCS)c2cn(C3CC3)c(=O)cc2c1=O. The largest absolute Gasteiger partial charge is 0.359 e. The number of nitrogens with zero attached hydrogens (tertiary/aromatic N) is 4. The zero-order valence-corrected chi connectivity index (χ0v) is 21.3. The summed E-state index contributed by atoms with van der Waals surface area (Å²) in [7, 11) is 3.98. The van der Waals surface area contributed by atoms with E-state index in [1.807, 2.05) is 0 Å². The van der Waals surface area contributed by atoms with Gasteiger partial charge in [-0.25, -0.2) is 9.07 Å². The van der Waals surface area contributed by atoms with Gasteiger partial charge < -0.3 is 14.8 Å². The van der Waals surface area contributed by atoms with Crippen LogP contribution in [0.3, 0.4) is 0 Å². The molecule has 2 heterocycles. The van der Waals surface area contributed by atoms with Crippen LogP contribution in [-0.2, 0) is 24.2 Å². The number of fused-ring (bicyclic) bond motifs is 1. The molecular weight excluding hydrogens is 495 g/mol. The molecule has 36 heavy (non-hydrogen) atoms.